The second kappa shape index (κ2) is 5.96. The van der Waals surface area contributed by atoms with Crippen LogP contribution in [0.1, 0.15) is 44.1 Å². The number of aromatic hydroxyl groups is 2. The molecule has 2 saturated carbocycles. The molecule has 1 aromatic rings. The molecule has 1 amide bonds. The van der Waals surface area contributed by atoms with Crippen molar-refractivity contribution in [2.45, 2.75) is 45.1 Å². The van der Waals surface area contributed by atoms with E-state index in [1.165, 1.54) is 38.2 Å². The molecule has 4 nitrogen and oxygen atoms in total. The molecule has 21 heavy (non-hydrogen) atoms. The summed E-state index contributed by atoms with van der Waals surface area (Å²) >= 11 is 0. The molecule has 0 radical (unpaired) electrons. The summed E-state index contributed by atoms with van der Waals surface area (Å²) in [7, 11) is 0. The normalized spacial score (nSPS) is 25.5. The van der Waals surface area contributed by atoms with Crippen LogP contribution < -0.4 is 5.32 Å². The van der Waals surface area contributed by atoms with Gasteiger partial charge in [-0.2, -0.15) is 0 Å². The van der Waals surface area contributed by atoms with Gasteiger partial charge in [-0.05, 0) is 24.3 Å². The Morgan fingerprint density at radius 1 is 1.19 bits per heavy atom. The van der Waals surface area contributed by atoms with Crippen molar-refractivity contribution < 1.29 is 15.0 Å². The van der Waals surface area contributed by atoms with E-state index in [-0.39, 0.29) is 29.9 Å². The highest BCUT2D eigenvalue weighted by molar-refractivity contribution is 5.81. The lowest BCUT2D eigenvalue weighted by molar-refractivity contribution is -0.123. The van der Waals surface area contributed by atoms with E-state index in [0.717, 1.165) is 12.3 Å². The molecule has 0 spiro atoms. The van der Waals surface area contributed by atoms with E-state index in [1.54, 1.807) is 12.1 Å². The summed E-state index contributed by atoms with van der Waals surface area (Å²) in [5.41, 5.74) is 0.554. The first-order chi connectivity index (χ1) is 10.2. The fourth-order valence-corrected chi connectivity index (χ4v) is 3.63. The highest BCUT2D eigenvalue weighted by Crippen LogP contribution is 2.49. The lowest BCUT2D eigenvalue weighted by Crippen LogP contribution is -2.26. The Hall–Kier alpha value is -1.71. The van der Waals surface area contributed by atoms with Crippen LogP contribution in [0.5, 0.6) is 11.5 Å². The van der Waals surface area contributed by atoms with E-state index < -0.39 is 0 Å². The van der Waals surface area contributed by atoms with Gasteiger partial charge in [-0.1, -0.05) is 44.2 Å². The molecular weight excluding hydrogens is 266 g/mol. The number of rotatable bonds is 4. The van der Waals surface area contributed by atoms with Gasteiger partial charge >= 0.3 is 0 Å². The van der Waals surface area contributed by atoms with E-state index >= 15 is 0 Å². The summed E-state index contributed by atoms with van der Waals surface area (Å²) in [5.74, 6) is 1.28. The Bertz CT molecular complexity index is 523. The first-order valence-electron chi connectivity index (χ1n) is 7.94. The minimum Gasteiger partial charge on any atom is -0.504 e. The second-order valence-corrected chi connectivity index (χ2v) is 6.41. The van der Waals surface area contributed by atoms with E-state index in [4.69, 9.17) is 0 Å². The average Bonchev–Trinajstić information content (AvgIpc) is 3.30. The Kier molecular flexibility index (Phi) is 4.04. The van der Waals surface area contributed by atoms with Crippen molar-refractivity contribution >= 4 is 5.91 Å². The average molecular weight is 289 g/mol. The van der Waals surface area contributed by atoms with Crippen LogP contribution in [0.2, 0.25) is 0 Å². The van der Waals surface area contributed by atoms with Crippen LogP contribution in [0.25, 0.3) is 0 Å². The molecule has 0 aliphatic heterocycles. The molecule has 2 aliphatic rings. The van der Waals surface area contributed by atoms with Gasteiger partial charge in [0.05, 0.1) is 0 Å². The maximum Gasteiger partial charge on any atom is 0.223 e. The number of carbonyl (C=O) groups excluding carboxylic acids is 1. The molecule has 0 bridgehead atoms. The van der Waals surface area contributed by atoms with Gasteiger partial charge in [-0.3, -0.25) is 4.79 Å². The number of carbonyl (C=O) groups is 1. The third-order valence-corrected chi connectivity index (χ3v) is 4.98. The number of amides is 1. The van der Waals surface area contributed by atoms with Gasteiger partial charge in [0.2, 0.25) is 5.91 Å². The predicted molar refractivity (Wildman–Crippen MR) is 79.8 cm³/mol. The van der Waals surface area contributed by atoms with Crippen molar-refractivity contribution in [3.8, 4) is 11.5 Å². The lowest BCUT2D eigenvalue weighted by Gasteiger charge is -2.21. The number of para-hydroxylation sites is 1. The van der Waals surface area contributed by atoms with Crippen molar-refractivity contribution in [2.24, 2.45) is 17.8 Å². The van der Waals surface area contributed by atoms with E-state index in [1.807, 2.05) is 0 Å². The van der Waals surface area contributed by atoms with E-state index in [9.17, 15) is 15.0 Å². The molecular formula is C17H23NO3. The summed E-state index contributed by atoms with van der Waals surface area (Å²) in [6.45, 7) is 0.271. The quantitative estimate of drug-likeness (QED) is 0.746. The van der Waals surface area contributed by atoms with Crippen molar-refractivity contribution in [3.05, 3.63) is 23.8 Å². The molecule has 0 saturated heterocycles. The Labute approximate surface area is 125 Å². The molecule has 2 fully saturated rings. The number of phenols is 2. The van der Waals surface area contributed by atoms with Crippen molar-refractivity contribution in [2.75, 3.05) is 0 Å². The maximum atomic E-state index is 12.2. The molecule has 2 aliphatic carbocycles. The van der Waals surface area contributed by atoms with Crippen LogP contribution in [-0.4, -0.2) is 16.1 Å². The summed E-state index contributed by atoms with van der Waals surface area (Å²) in [4.78, 5) is 12.2. The van der Waals surface area contributed by atoms with Crippen LogP contribution in [0.4, 0.5) is 0 Å². The second-order valence-electron chi connectivity index (χ2n) is 6.41. The first kappa shape index (κ1) is 14.2. The van der Waals surface area contributed by atoms with Gasteiger partial charge in [0.15, 0.2) is 11.5 Å². The Morgan fingerprint density at radius 2 is 1.95 bits per heavy atom. The Morgan fingerprint density at radius 3 is 2.71 bits per heavy atom. The maximum absolute atomic E-state index is 12.2. The smallest absolute Gasteiger partial charge is 0.223 e. The number of nitrogens with one attached hydrogen (secondary N) is 1. The minimum atomic E-state index is -0.145. The zero-order valence-electron chi connectivity index (χ0n) is 12.2. The fourth-order valence-electron chi connectivity index (χ4n) is 3.63. The highest BCUT2D eigenvalue weighted by atomic mass is 16.3. The standard InChI is InChI=1S/C17H23NO3/c19-15-8-4-7-12(16(15)20)10-18-17(21)14-9-13(14)11-5-2-1-3-6-11/h4,7-8,11,13-14,19-20H,1-3,5-6,9-10H2,(H,18,21). The summed E-state index contributed by atoms with van der Waals surface area (Å²) in [6, 6.07) is 4.81. The van der Waals surface area contributed by atoms with Crippen molar-refractivity contribution in [1.82, 2.24) is 5.32 Å². The predicted octanol–water partition coefficient (Wildman–Crippen LogP) is 2.93. The van der Waals surface area contributed by atoms with Crippen LogP contribution in [-0.2, 0) is 11.3 Å². The topological polar surface area (TPSA) is 69.6 Å². The fraction of sp³-hybridized carbons (Fsp3) is 0.588. The molecule has 2 atom stereocenters. The van der Waals surface area contributed by atoms with Gasteiger partial charge in [0, 0.05) is 18.0 Å². The van der Waals surface area contributed by atoms with Gasteiger partial charge in [-0.25, -0.2) is 0 Å². The molecule has 114 valence electrons. The first-order valence-corrected chi connectivity index (χ1v) is 7.94. The third kappa shape index (κ3) is 3.14. The van der Waals surface area contributed by atoms with Crippen LogP contribution in [0.3, 0.4) is 0 Å². The molecule has 3 rings (SSSR count). The summed E-state index contributed by atoms with van der Waals surface area (Å²) in [6.07, 6.45) is 7.54. The molecule has 0 heterocycles. The van der Waals surface area contributed by atoms with Crippen LogP contribution >= 0.6 is 0 Å². The van der Waals surface area contributed by atoms with E-state index in [2.05, 4.69) is 5.32 Å². The Balaban J connectivity index is 1.50. The lowest BCUT2D eigenvalue weighted by atomic mass is 9.85. The number of benzene rings is 1. The molecule has 4 heteroatoms. The molecule has 0 aromatic heterocycles. The van der Waals surface area contributed by atoms with Crippen LogP contribution in [0.15, 0.2) is 18.2 Å². The molecule has 1 aromatic carbocycles. The van der Waals surface area contributed by atoms with Gasteiger partial charge in [-0.15, -0.1) is 0 Å². The van der Waals surface area contributed by atoms with E-state index in [0.29, 0.717) is 11.5 Å². The third-order valence-electron chi connectivity index (χ3n) is 4.98. The molecule has 2 unspecified atom stereocenters. The minimum absolute atomic E-state index is 0.0910. The zero-order chi connectivity index (χ0) is 14.8. The van der Waals surface area contributed by atoms with Crippen LogP contribution in [0, 0.1) is 17.8 Å². The number of phenolic OH excluding ortho intramolecular Hbond substituents is 2. The van der Waals surface area contributed by atoms with Gasteiger partial charge in [0.1, 0.15) is 0 Å². The zero-order valence-corrected chi connectivity index (χ0v) is 12.2. The number of hydrogen-bond acceptors (Lipinski definition) is 3. The molecule has 3 N–H and O–H groups in total. The number of hydrogen-bond donors (Lipinski definition) is 3. The van der Waals surface area contributed by atoms with Crippen molar-refractivity contribution in [1.29, 1.82) is 0 Å². The largest absolute Gasteiger partial charge is 0.504 e. The van der Waals surface area contributed by atoms with Gasteiger partial charge in [0.25, 0.3) is 0 Å². The highest BCUT2D eigenvalue weighted by Gasteiger charge is 2.47. The van der Waals surface area contributed by atoms with Crippen molar-refractivity contribution in [3.63, 3.8) is 0 Å². The summed E-state index contributed by atoms with van der Waals surface area (Å²) in [5, 5.41) is 22.0. The van der Waals surface area contributed by atoms with Gasteiger partial charge < -0.3 is 15.5 Å². The summed E-state index contributed by atoms with van der Waals surface area (Å²) < 4.78 is 0. The monoisotopic (exact) mass is 289 g/mol. The SMILES string of the molecule is O=C(NCc1cccc(O)c1O)C1CC1C1CCCCC1.